The van der Waals surface area contributed by atoms with E-state index in [9.17, 15) is 9.59 Å². The van der Waals surface area contributed by atoms with Gasteiger partial charge in [0.15, 0.2) is 0 Å². The second-order valence-corrected chi connectivity index (χ2v) is 5.66. The van der Waals surface area contributed by atoms with Crippen molar-refractivity contribution in [2.75, 3.05) is 26.8 Å². The minimum Gasteiger partial charge on any atom is -0.497 e. The standard InChI is InChI=1S/C18H28N2O4/c1-5-14(2)19-18(22)10-11-20(15(3)21)12-13-24-17-8-6-16(23-4)7-9-17/h6-9,14H,5,10-13H2,1-4H3,(H,19,22). The van der Waals surface area contributed by atoms with Gasteiger partial charge in [0, 0.05) is 25.9 Å². The third kappa shape index (κ3) is 7.35. The van der Waals surface area contributed by atoms with Crippen molar-refractivity contribution in [3.05, 3.63) is 24.3 Å². The lowest BCUT2D eigenvalue weighted by molar-refractivity contribution is -0.130. The van der Waals surface area contributed by atoms with Crippen LogP contribution >= 0.6 is 0 Å². The lowest BCUT2D eigenvalue weighted by Crippen LogP contribution is -2.38. The molecule has 0 aromatic heterocycles. The Balaban J connectivity index is 2.37. The molecule has 134 valence electrons. The number of hydrogen-bond acceptors (Lipinski definition) is 4. The van der Waals surface area contributed by atoms with Crippen molar-refractivity contribution in [3.8, 4) is 11.5 Å². The van der Waals surface area contributed by atoms with Crippen LogP contribution in [0, 0.1) is 0 Å². The fourth-order valence-corrected chi connectivity index (χ4v) is 2.06. The van der Waals surface area contributed by atoms with Crippen LogP contribution in [-0.2, 0) is 9.59 Å². The van der Waals surface area contributed by atoms with Crippen molar-refractivity contribution in [1.29, 1.82) is 0 Å². The number of nitrogens with one attached hydrogen (secondary N) is 1. The van der Waals surface area contributed by atoms with Gasteiger partial charge in [-0.2, -0.15) is 0 Å². The highest BCUT2D eigenvalue weighted by Crippen LogP contribution is 2.16. The minimum atomic E-state index is -0.0651. The third-order valence-corrected chi connectivity index (χ3v) is 3.76. The number of nitrogens with zero attached hydrogens (tertiary/aromatic N) is 1. The zero-order valence-corrected chi connectivity index (χ0v) is 15.0. The Labute approximate surface area is 144 Å². The maximum absolute atomic E-state index is 11.8. The van der Waals surface area contributed by atoms with Crippen molar-refractivity contribution < 1.29 is 19.1 Å². The highest BCUT2D eigenvalue weighted by Gasteiger charge is 2.12. The van der Waals surface area contributed by atoms with E-state index in [1.54, 1.807) is 12.0 Å². The molecular weight excluding hydrogens is 308 g/mol. The zero-order chi connectivity index (χ0) is 17.9. The quantitative estimate of drug-likeness (QED) is 0.711. The van der Waals surface area contributed by atoms with Crippen LogP contribution in [0.2, 0.25) is 0 Å². The molecule has 1 N–H and O–H groups in total. The van der Waals surface area contributed by atoms with Crippen LogP contribution in [0.25, 0.3) is 0 Å². The number of methoxy groups -OCH3 is 1. The molecule has 0 heterocycles. The van der Waals surface area contributed by atoms with Gasteiger partial charge in [-0.25, -0.2) is 0 Å². The molecule has 0 aliphatic rings. The Hall–Kier alpha value is -2.24. The van der Waals surface area contributed by atoms with Crippen molar-refractivity contribution >= 4 is 11.8 Å². The molecule has 0 radical (unpaired) electrons. The van der Waals surface area contributed by atoms with E-state index in [2.05, 4.69) is 5.32 Å². The van der Waals surface area contributed by atoms with Crippen LogP contribution in [0.4, 0.5) is 0 Å². The molecule has 6 nitrogen and oxygen atoms in total. The lowest BCUT2D eigenvalue weighted by Gasteiger charge is -2.21. The van der Waals surface area contributed by atoms with Gasteiger partial charge < -0.3 is 19.7 Å². The molecule has 0 saturated carbocycles. The lowest BCUT2D eigenvalue weighted by atomic mass is 10.2. The fraction of sp³-hybridized carbons (Fsp3) is 0.556. The Morgan fingerprint density at radius 2 is 1.79 bits per heavy atom. The first-order chi connectivity index (χ1) is 11.5. The van der Waals surface area contributed by atoms with Gasteiger partial charge in [-0.15, -0.1) is 0 Å². The highest BCUT2D eigenvalue weighted by atomic mass is 16.5. The second kappa shape index (κ2) is 10.5. The van der Waals surface area contributed by atoms with Crippen LogP contribution < -0.4 is 14.8 Å². The molecular formula is C18H28N2O4. The molecule has 2 amide bonds. The number of amides is 2. The number of carbonyl (C=O) groups excluding carboxylic acids is 2. The van der Waals surface area contributed by atoms with Crippen molar-refractivity contribution in [2.45, 2.75) is 39.7 Å². The largest absolute Gasteiger partial charge is 0.497 e. The Morgan fingerprint density at radius 3 is 2.33 bits per heavy atom. The van der Waals surface area contributed by atoms with Crippen molar-refractivity contribution in [1.82, 2.24) is 10.2 Å². The van der Waals surface area contributed by atoms with Gasteiger partial charge in [-0.05, 0) is 37.6 Å². The van der Waals surface area contributed by atoms with E-state index in [-0.39, 0.29) is 17.9 Å². The molecule has 1 rings (SSSR count). The summed E-state index contributed by atoms with van der Waals surface area (Å²) >= 11 is 0. The van der Waals surface area contributed by atoms with E-state index in [4.69, 9.17) is 9.47 Å². The summed E-state index contributed by atoms with van der Waals surface area (Å²) in [6.07, 6.45) is 1.18. The summed E-state index contributed by atoms with van der Waals surface area (Å²) in [5.41, 5.74) is 0. The van der Waals surface area contributed by atoms with E-state index < -0.39 is 0 Å². The van der Waals surface area contributed by atoms with Gasteiger partial charge in [0.1, 0.15) is 18.1 Å². The van der Waals surface area contributed by atoms with E-state index in [0.29, 0.717) is 31.9 Å². The highest BCUT2D eigenvalue weighted by molar-refractivity contribution is 5.78. The average Bonchev–Trinajstić information content (AvgIpc) is 2.57. The van der Waals surface area contributed by atoms with E-state index in [1.165, 1.54) is 6.92 Å². The third-order valence-electron chi connectivity index (χ3n) is 3.76. The molecule has 24 heavy (non-hydrogen) atoms. The number of rotatable bonds is 10. The monoisotopic (exact) mass is 336 g/mol. The smallest absolute Gasteiger partial charge is 0.221 e. The number of carbonyl (C=O) groups is 2. The number of benzene rings is 1. The first-order valence-electron chi connectivity index (χ1n) is 8.28. The van der Waals surface area contributed by atoms with Crippen LogP contribution in [0.15, 0.2) is 24.3 Å². The SMILES string of the molecule is CCC(C)NC(=O)CCN(CCOc1ccc(OC)cc1)C(C)=O. The average molecular weight is 336 g/mol. The first kappa shape index (κ1) is 19.8. The second-order valence-electron chi connectivity index (χ2n) is 5.66. The van der Waals surface area contributed by atoms with Crippen LogP contribution in [0.3, 0.4) is 0 Å². The number of ether oxygens (including phenoxy) is 2. The van der Waals surface area contributed by atoms with E-state index >= 15 is 0 Å². The molecule has 0 aliphatic heterocycles. The summed E-state index contributed by atoms with van der Waals surface area (Å²) < 4.78 is 10.7. The molecule has 1 unspecified atom stereocenters. The molecule has 0 spiro atoms. The first-order valence-corrected chi connectivity index (χ1v) is 8.28. The fourth-order valence-electron chi connectivity index (χ4n) is 2.06. The van der Waals surface area contributed by atoms with Gasteiger partial charge in [-0.1, -0.05) is 6.92 Å². The molecule has 1 atom stereocenters. The van der Waals surface area contributed by atoms with Crippen LogP contribution in [-0.4, -0.2) is 49.6 Å². The summed E-state index contributed by atoms with van der Waals surface area (Å²) in [5.74, 6) is 1.38. The Kier molecular flexibility index (Phi) is 8.68. The normalized spacial score (nSPS) is 11.5. The van der Waals surface area contributed by atoms with Crippen LogP contribution in [0.5, 0.6) is 11.5 Å². The topological polar surface area (TPSA) is 67.9 Å². The van der Waals surface area contributed by atoms with Gasteiger partial charge in [0.2, 0.25) is 11.8 Å². The Morgan fingerprint density at radius 1 is 1.17 bits per heavy atom. The predicted octanol–water partition coefficient (Wildman–Crippen LogP) is 2.23. The van der Waals surface area contributed by atoms with Gasteiger partial charge in [0.05, 0.1) is 13.7 Å². The van der Waals surface area contributed by atoms with Gasteiger partial charge >= 0.3 is 0 Å². The summed E-state index contributed by atoms with van der Waals surface area (Å²) in [7, 11) is 1.61. The molecule has 0 aliphatic carbocycles. The molecule has 0 fully saturated rings. The Bertz CT molecular complexity index is 516. The van der Waals surface area contributed by atoms with Crippen LogP contribution in [0.1, 0.15) is 33.6 Å². The van der Waals surface area contributed by atoms with E-state index in [0.717, 1.165) is 12.2 Å². The maximum Gasteiger partial charge on any atom is 0.221 e. The van der Waals surface area contributed by atoms with Gasteiger partial charge in [0.25, 0.3) is 0 Å². The van der Waals surface area contributed by atoms with Gasteiger partial charge in [-0.3, -0.25) is 9.59 Å². The molecule has 0 saturated heterocycles. The minimum absolute atomic E-state index is 0.0355. The van der Waals surface area contributed by atoms with Crippen molar-refractivity contribution in [2.24, 2.45) is 0 Å². The summed E-state index contributed by atoms with van der Waals surface area (Å²) in [6, 6.07) is 7.42. The summed E-state index contributed by atoms with van der Waals surface area (Å²) in [4.78, 5) is 25.1. The summed E-state index contributed by atoms with van der Waals surface area (Å²) in [6.45, 7) is 6.69. The summed E-state index contributed by atoms with van der Waals surface area (Å²) in [5, 5.41) is 2.90. The zero-order valence-electron chi connectivity index (χ0n) is 15.0. The molecule has 6 heteroatoms. The molecule has 0 bridgehead atoms. The maximum atomic E-state index is 11.8. The number of hydrogen-bond donors (Lipinski definition) is 1. The molecule has 1 aromatic rings. The predicted molar refractivity (Wildman–Crippen MR) is 93.3 cm³/mol. The molecule has 1 aromatic carbocycles. The van der Waals surface area contributed by atoms with E-state index in [1.807, 2.05) is 38.1 Å². The van der Waals surface area contributed by atoms with Crippen molar-refractivity contribution in [3.63, 3.8) is 0 Å².